The van der Waals surface area contributed by atoms with Gasteiger partial charge in [0.05, 0.1) is 6.61 Å². The second kappa shape index (κ2) is 9.30. The Kier molecular flexibility index (Phi) is 7.96. The molecule has 0 radical (unpaired) electrons. The SMILES string of the molecule is CCCCN(CC)c1ncc(CNCCOC)s1. The Labute approximate surface area is 114 Å². The largest absolute Gasteiger partial charge is 0.383 e. The molecule has 0 spiro atoms. The van der Waals surface area contributed by atoms with E-state index in [2.05, 4.69) is 29.0 Å². The van der Waals surface area contributed by atoms with Crippen LogP contribution in [0.4, 0.5) is 5.13 Å². The summed E-state index contributed by atoms with van der Waals surface area (Å²) in [4.78, 5) is 8.15. The topological polar surface area (TPSA) is 37.4 Å². The van der Waals surface area contributed by atoms with Crippen molar-refractivity contribution in [3.63, 3.8) is 0 Å². The van der Waals surface area contributed by atoms with Crippen molar-refractivity contribution >= 4 is 16.5 Å². The van der Waals surface area contributed by atoms with Crippen molar-refractivity contribution in [3.8, 4) is 0 Å². The van der Waals surface area contributed by atoms with Gasteiger partial charge in [-0.2, -0.15) is 0 Å². The molecule has 1 N–H and O–H groups in total. The van der Waals surface area contributed by atoms with Gasteiger partial charge < -0.3 is 15.0 Å². The number of rotatable bonds is 10. The second-order valence-electron chi connectivity index (χ2n) is 4.21. The van der Waals surface area contributed by atoms with Crippen LogP contribution in [0.15, 0.2) is 6.20 Å². The van der Waals surface area contributed by atoms with Crippen molar-refractivity contribution in [2.45, 2.75) is 33.2 Å². The number of unbranched alkanes of at least 4 members (excludes halogenated alkanes) is 1. The molecule has 0 aromatic carbocycles. The minimum atomic E-state index is 0.753. The molecule has 0 saturated carbocycles. The molecule has 5 heteroatoms. The molecule has 1 aromatic heterocycles. The van der Waals surface area contributed by atoms with Crippen LogP contribution in [-0.4, -0.2) is 38.3 Å². The second-order valence-corrected chi connectivity index (χ2v) is 5.31. The summed E-state index contributed by atoms with van der Waals surface area (Å²) in [5.74, 6) is 0. The van der Waals surface area contributed by atoms with E-state index in [1.807, 2.05) is 6.20 Å². The van der Waals surface area contributed by atoms with Crippen LogP contribution in [0, 0.1) is 0 Å². The Morgan fingerprint density at radius 3 is 2.94 bits per heavy atom. The predicted octanol–water partition coefficient (Wildman–Crippen LogP) is 2.51. The number of nitrogens with zero attached hydrogens (tertiary/aromatic N) is 2. The highest BCUT2D eigenvalue weighted by atomic mass is 32.1. The molecule has 0 aliphatic rings. The highest BCUT2D eigenvalue weighted by molar-refractivity contribution is 7.15. The third kappa shape index (κ3) is 5.33. The monoisotopic (exact) mass is 271 g/mol. The smallest absolute Gasteiger partial charge is 0.185 e. The standard InChI is InChI=1S/C13H25N3OS/c1-4-6-8-16(5-2)13-15-11-12(18-13)10-14-7-9-17-3/h11,14H,4-10H2,1-3H3. The average molecular weight is 271 g/mol. The average Bonchev–Trinajstić information content (AvgIpc) is 2.84. The highest BCUT2D eigenvalue weighted by Gasteiger charge is 2.08. The zero-order valence-corrected chi connectivity index (χ0v) is 12.6. The first-order chi connectivity index (χ1) is 8.81. The third-order valence-corrected chi connectivity index (χ3v) is 3.82. The van der Waals surface area contributed by atoms with Crippen molar-refractivity contribution < 1.29 is 4.74 Å². The lowest BCUT2D eigenvalue weighted by Crippen LogP contribution is -2.23. The lowest BCUT2D eigenvalue weighted by molar-refractivity contribution is 0.199. The van der Waals surface area contributed by atoms with Gasteiger partial charge in [-0.1, -0.05) is 13.3 Å². The maximum Gasteiger partial charge on any atom is 0.185 e. The van der Waals surface area contributed by atoms with E-state index in [1.165, 1.54) is 17.7 Å². The van der Waals surface area contributed by atoms with Crippen LogP contribution >= 0.6 is 11.3 Å². The Bertz CT molecular complexity index is 317. The van der Waals surface area contributed by atoms with Crippen molar-refractivity contribution in [1.29, 1.82) is 0 Å². The normalized spacial score (nSPS) is 10.8. The van der Waals surface area contributed by atoms with E-state index >= 15 is 0 Å². The molecule has 1 rings (SSSR count). The van der Waals surface area contributed by atoms with Gasteiger partial charge in [0.2, 0.25) is 0 Å². The number of methoxy groups -OCH3 is 1. The number of ether oxygens (including phenoxy) is 1. The quantitative estimate of drug-likeness (QED) is 0.664. The van der Waals surface area contributed by atoms with Crippen LogP contribution in [0.1, 0.15) is 31.6 Å². The fraction of sp³-hybridized carbons (Fsp3) is 0.769. The molecule has 18 heavy (non-hydrogen) atoms. The molecule has 104 valence electrons. The Morgan fingerprint density at radius 1 is 1.44 bits per heavy atom. The van der Waals surface area contributed by atoms with E-state index in [9.17, 15) is 0 Å². The Balaban J connectivity index is 2.40. The summed E-state index contributed by atoms with van der Waals surface area (Å²) in [7, 11) is 1.72. The molecular formula is C13H25N3OS. The minimum Gasteiger partial charge on any atom is -0.383 e. The summed E-state index contributed by atoms with van der Waals surface area (Å²) in [6.45, 7) is 9.07. The van der Waals surface area contributed by atoms with Gasteiger partial charge in [0.1, 0.15) is 0 Å². The van der Waals surface area contributed by atoms with E-state index in [1.54, 1.807) is 18.4 Å². The molecule has 0 atom stereocenters. The zero-order chi connectivity index (χ0) is 13.2. The van der Waals surface area contributed by atoms with Crippen molar-refractivity contribution in [2.75, 3.05) is 38.3 Å². The Hall–Kier alpha value is -0.650. The zero-order valence-electron chi connectivity index (χ0n) is 11.7. The number of hydrogen-bond donors (Lipinski definition) is 1. The molecule has 0 saturated heterocycles. The van der Waals surface area contributed by atoms with E-state index in [0.29, 0.717) is 0 Å². The Morgan fingerprint density at radius 2 is 2.28 bits per heavy atom. The fourth-order valence-corrected chi connectivity index (χ4v) is 2.62. The number of anilines is 1. The molecule has 1 aromatic rings. The molecule has 0 bridgehead atoms. The van der Waals surface area contributed by atoms with Crippen molar-refractivity contribution in [1.82, 2.24) is 10.3 Å². The summed E-state index contributed by atoms with van der Waals surface area (Å²) in [5, 5.41) is 4.49. The van der Waals surface area contributed by atoms with E-state index < -0.39 is 0 Å². The van der Waals surface area contributed by atoms with Gasteiger partial charge in [-0.15, -0.1) is 11.3 Å². The summed E-state index contributed by atoms with van der Waals surface area (Å²) in [5.41, 5.74) is 0. The first-order valence-electron chi connectivity index (χ1n) is 6.71. The van der Waals surface area contributed by atoms with E-state index in [-0.39, 0.29) is 0 Å². The van der Waals surface area contributed by atoms with Gasteiger partial charge in [0, 0.05) is 44.4 Å². The van der Waals surface area contributed by atoms with Gasteiger partial charge in [-0.25, -0.2) is 4.98 Å². The number of hydrogen-bond acceptors (Lipinski definition) is 5. The fourth-order valence-electron chi connectivity index (χ4n) is 1.65. The molecule has 0 unspecified atom stereocenters. The third-order valence-electron chi connectivity index (χ3n) is 2.76. The molecular weight excluding hydrogens is 246 g/mol. The van der Waals surface area contributed by atoms with Gasteiger partial charge >= 0.3 is 0 Å². The van der Waals surface area contributed by atoms with Crippen molar-refractivity contribution in [3.05, 3.63) is 11.1 Å². The van der Waals surface area contributed by atoms with Gasteiger partial charge in [0.25, 0.3) is 0 Å². The summed E-state index contributed by atoms with van der Waals surface area (Å²) >= 11 is 1.79. The van der Waals surface area contributed by atoms with Gasteiger partial charge in [0.15, 0.2) is 5.13 Å². The van der Waals surface area contributed by atoms with Crippen molar-refractivity contribution in [2.24, 2.45) is 0 Å². The van der Waals surface area contributed by atoms with Crippen LogP contribution in [0.3, 0.4) is 0 Å². The van der Waals surface area contributed by atoms with E-state index in [4.69, 9.17) is 4.74 Å². The number of thiazole rings is 1. The van der Waals surface area contributed by atoms with Gasteiger partial charge in [-0.05, 0) is 13.3 Å². The molecule has 0 aliphatic carbocycles. The molecule has 1 heterocycles. The van der Waals surface area contributed by atoms with Gasteiger partial charge in [-0.3, -0.25) is 0 Å². The first-order valence-corrected chi connectivity index (χ1v) is 7.52. The van der Waals surface area contributed by atoms with Crippen LogP contribution < -0.4 is 10.2 Å². The summed E-state index contributed by atoms with van der Waals surface area (Å²) in [6, 6.07) is 0. The van der Waals surface area contributed by atoms with Crippen LogP contribution in [0.25, 0.3) is 0 Å². The predicted molar refractivity (Wildman–Crippen MR) is 78.5 cm³/mol. The van der Waals surface area contributed by atoms with Crippen LogP contribution in [0.2, 0.25) is 0 Å². The lowest BCUT2D eigenvalue weighted by Gasteiger charge is -2.18. The maximum absolute atomic E-state index is 5.00. The molecule has 4 nitrogen and oxygen atoms in total. The molecule has 0 amide bonds. The number of aromatic nitrogens is 1. The molecule has 0 aliphatic heterocycles. The van der Waals surface area contributed by atoms with Crippen LogP contribution in [0.5, 0.6) is 0 Å². The van der Waals surface area contributed by atoms with E-state index in [0.717, 1.165) is 37.9 Å². The number of nitrogens with one attached hydrogen (secondary N) is 1. The first kappa shape index (κ1) is 15.4. The highest BCUT2D eigenvalue weighted by Crippen LogP contribution is 2.22. The minimum absolute atomic E-state index is 0.753. The summed E-state index contributed by atoms with van der Waals surface area (Å²) in [6.07, 6.45) is 4.44. The lowest BCUT2D eigenvalue weighted by atomic mass is 10.3. The maximum atomic E-state index is 5.00. The summed E-state index contributed by atoms with van der Waals surface area (Å²) < 4.78 is 5.00. The van der Waals surface area contributed by atoms with Crippen LogP contribution in [-0.2, 0) is 11.3 Å². The molecule has 0 fully saturated rings.